The maximum Gasteiger partial charge on any atom is 0.123 e. The number of anilines is 1. The summed E-state index contributed by atoms with van der Waals surface area (Å²) in [6.45, 7) is 5.90. The first-order chi connectivity index (χ1) is 13.4. The van der Waals surface area contributed by atoms with Gasteiger partial charge in [0.05, 0.1) is 11.8 Å². The van der Waals surface area contributed by atoms with Crippen molar-refractivity contribution in [1.29, 1.82) is 10.5 Å². The van der Waals surface area contributed by atoms with E-state index in [9.17, 15) is 5.26 Å². The van der Waals surface area contributed by atoms with Crippen molar-refractivity contribution in [3.8, 4) is 12.1 Å². The lowest BCUT2D eigenvalue weighted by atomic mass is 9.75. The Hall–Kier alpha value is -2.31. The molecule has 0 amide bonds. The molecule has 150 valence electrons. The minimum absolute atomic E-state index is 0.561. The number of H-pyrrole nitrogens is 1. The molecule has 3 rings (SSSR count). The zero-order chi connectivity index (χ0) is 20.7. The molecule has 1 N–H and O–H groups in total. The lowest BCUT2D eigenvalue weighted by Gasteiger charge is -2.42. The van der Waals surface area contributed by atoms with Gasteiger partial charge < -0.3 is 14.8 Å². The fourth-order valence-electron chi connectivity index (χ4n) is 4.08. The fourth-order valence-corrected chi connectivity index (χ4v) is 4.29. The largest absolute Gasteiger partial charge is 0.380 e. The number of hydrogen-bond donors (Lipinski definition) is 1. The van der Waals surface area contributed by atoms with Crippen LogP contribution in [0.2, 0.25) is 0 Å². The van der Waals surface area contributed by atoms with Gasteiger partial charge in [0.25, 0.3) is 0 Å². The number of nitriles is 2. The van der Waals surface area contributed by atoms with Crippen LogP contribution in [0.25, 0.3) is 0 Å². The van der Waals surface area contributed by atoms with E-state index in [0.717, 1.165) is 41.9 Å². The number of rotatable bonds is 2. The molecule has 1 saturated carbocycles. The number of aromatic amines is 1. The molecule has 2 heterocycles. The molecule has 1 aliphatic carbocycles. The number of allylic oxidation sites excluding steroid dienone is 2. The molecule has 1 aromatic heterocycles. The number of pyridine rings is 1. The molecule has 28 heavy (non-hydrogen) atoms. The van der Waals surface area contributed by atoms with E-state index in [4.69, 9.17) is 17.5 Å². The molecule has 0 radical (unpaired) electrons. The molecule has 0 bridgehead atoms. The Labute approximate surface area is 174 Å². The Morgan fingerprint density at radius 2 is 1.86 bits per heavy atom. The molecule has 6 heteroatoms. The molecule has 1 aromatic rings. The van der Waals surface area contributed by atoms with Gasteiger partial charge in [-0.15, -0.1) is 0 Å². The number of nitrogens with zero attached hydrogens (tertiary/aromatic N) is 4. The van der Waals surface area contributed by atoms with Crippen LogP contribution in [0.4, 0.5) is 5.69 Å². The monoisotopic (exact) mass is 397 g/mol. The van der Waals surface area contributed by atoms with E-state index in [1.165, 1.54) is 32.1 Å². The first-order valence-corrected chi connectivity index (χ1v) is 10.4. The highest BCUT2D eigenvalue weighted by Crippen LogP contribution is 2.38. The summed E-state index contributed by atoms with van der Waals surface area (Å²) < 4.78 is 0.561. The van der Waals surface area contributed by atoms with E-state index in [2.05, 4.69) is 22.0 Å². The van der Waals surface area contributed by atoms with Crippen LogP contribution >= 0.6 is 12.2 Å². The van der Waals surface area contributed by atoms with Gasteiger partial charge in [-0.1, -0.05) is 31.5 Å². The third kappa shape index (κ3) is 5.36. The molecule has 0 unspecified atom stereocenters. The first-order valence-electron chi connectivity index (χ1n) is 10.0. The van der Waals surface area contributed by atoms with Crippen LogP contribution < -0.4 is 4.90 Å². The minimum atomic E-state index is 0.561. The van der Waals surface area contributed by atoms with Crippen LogP contribution in [-0.2, 0) is 0 Å². The second-order valence-corrected chi connectivity index (χ2v) is 8.34. The zero-order valence-electron chi connectivity index (χ0n) is 17.5. The summed E-state index contributed by atoms with van der Waals surface area (Å²) >= 11 is 5.22. The van der Waals surface area contributed by atoms with Crippen molar-refractivity contribution < 1.29 is 0 Å². The predicted octanol–water partition coefficient (Wildman–Crippen LogP) is 5.00. The van der Waals surface area contributed by atoms with Crippen LogP contribution in [0.3, 0.4) is 0 Å². The Balaban J connectivity index is 0.000000266. The summed E-state index contributed by atoms with van der Waals surface area (Å²) in [7, 11) is 3.85. The van der Waals surface area contributed by atoms with Crippen molar-refractivity contribution in [2.75, 3.05) is 32.1 Å². The minimum Gasteiger partial charge on any atom is -0.380 e. The van der Waals surface area contributed by atoms with Crippen molar-refractivity contribution in [3.05, 3.63) is 33.7 Å². The summed E-state index contributed by atoms with van der Waals surface area (Å²) in [6, 6.07) is 6.34. The number of fused-ring (bicyclic) bond motifs is 1. The van der Waals surface area contributed by atoms with Crippen LogP contribution in [0.5, 0.6) is 0 Å². The van der Waals surface area contributed by atoms with Gasteiger partial charge in [-0.2, -0.15) is 10.5 Å². The van der Waals surface area contributed by atoms with Gasteiger partial charge in [0.1, 0.15) is 16.3 Å². The Morgan fingerprint density at radius 3 is 2.43 bits per heavy atom. The van der Waals surface area contributed by atoms with Crippen molar-refractivity contribution in [1.82, 2.24) is 9.88 Å². The molecule has 2 atom stereocenters. The average Bonchev–Trinajstić information content (AvgIpc) is 2.72. The first kappa shape index (κ1) is 22.0. The van der Waals surface area contributed by atoms with Crippen LogP contribution in [0.1, 0.15) is 51.5 Å². The summed E-state index contributed by atoms with van der Waals surface area (Å²) in [5.41, 5.74) is 3.46. The second kappa shape index (κ2) is 10.3. The topological polar surface area (TPSA) is 69.8 Å². The third-order valence-corrected chi connectivity index (χ3v) is 6.39. The van der Waals surface area contributed by atoms with Gasteiger partial charge in [0.15, 0.2) is 0 Å². The maximum atomic E-state index is 9.30. The SMILES string of the molecule is C/C(C#N)=C(\C)N(C)C.N#Cc1c(N2CC[C@@H]3CCCC[C@@H]3C2)cc[nH]c1=S. The van der Waals surface area contributed by atoms with Crippen LogP contribution in [-0.4, -0.2) is 37.1 Å². The number of piperidine rings is 1. The Bertz CT molecular complexity index is 840. The second-order valence-electron chi connectivity index (χ2n) is 7.93. The summed E-state index contributed by atoms with van der Waals surface area (Å²) in [5.74, 6) is 1.72. The quantitative estimate of drug-likeness (QED) is 0.562. The molecule has 0 aromatic carbocycles. The van der Waals surface area contributed by atoms with Crippen molar-refractivity contribution >= 4 is 17.9 Å². The summed E-state index contributed by atoms with van der Waals surface area (Å²) in [6.07, 6.45) is 8.64. The van der Waals surface area contributed by atoms with Crippen molar-refractivity contribution in [2.45, 2.75) is 46.0 Å². The van der Waals surface area contributed by atoms with Gasteiger partial charge in [-0.3, -0.25) is 0 Å². The molecular weight excluding hydrogens is 366 g/mol. The Kier molecular flexibility index (Phi) is 8.08. The lowest BCUT2D eigenvalue weighted by Crippen LogP contribution is -2.42. The number of aromatic nitrogens is 1. The number of hydrogen-bond acceptors (Lipinski definition) is 5. The Morgan fingerprint density at radius 1 is 1.18 bits per heavy atom. The van der Waals surface area contributed by atoms with Gasteiger partial charge in [-0.25, -0.2) is 0 Å². The van der Waals surface area contributed by atoms with Gasteiger partial charge in [0.2, 0.25) is 0 Å². The molecule has 1 saturated heterocycles. The average molecular weight is 398 g/mol. The number of nitrogens with one attached hydrogen (secondary N) is 1. The lowest BCUT2D eigenvalue weighted by molar-refractivity contribution is 0.202. The van der Waals surface area contributed by atoms with Gasteiger partial charge in [0, 0.05) is 44.7 Å². The zero-order valence-corrected chi connectivity index (χ0v) is 18.3. The standard InChI is InChI=1S/C15H19N3S.C7H12N2/c16-9-13-14(5-7-17-15(13)19)18-8-6-11-3-1-2-4-12(11)10-18;1-6(5-8)7(2)9(3)4/h5,7,11-12H,1-4,6,8,10H2,(H,17,19);1-4H3/b;7-6-/t11-,12+;/m0./s1. The molecule has 5 nitrogen and oxygen atoms in total. The highest BCUT2D eigenvalue weighted by molar-refractivity contribution is 7.71. The van der Waals surface area contributed by atoms with Gasteiger partial charge >= 0.3 is 0 Å². The fraction of sp³-hybridized carbons (Fsp3) is 0.591. The predicted molar refractivity (Wildman–Crippen MR) is 116 cm³/mol. The highest BCUT2D eigenvalue weighted by Gasteiger charge is 2.31. The summed E-state index contributed by atoms with van der Waals surface area (Å²) in [5, 5.41) is 17.7. The van der Waals surface area contributed by atoms with Crippen LogP contribution in [0, 0.1) is 39.1 Å². The maximum absolute atomic E-state index is 9.30. The molecular formula is C22H31N5S. The smallest absolute Gasteiger partial charge is 0.123 e. The van der Waals surface area contributed by atoms with Crippen LogP contribution in [0.15, 0.2) is 23.5 Å². The molecule has 1 aliphatic heterocycles. The molecule has 2 fully saturated rings. The molecule has 2 aliphatic rings. The van der Waals surface area contributed by atoms with E-state index in [0.29, 0.717) is 10.2 Å². The van der Waals surface area contributed by atoms with E-state index in [1.807, 2.05) is 45.1 Å². The van der Waals surface area contributed by atoms with E-state index >= 15 is 0 Å². The van der Waals surface area contributed by atoms with Crippen molar-refractivity contribution in [2.24, 2.45) is 11.8 Å². The highest BCUT2D eigenvalue weighted by atomic mass is 32.1. The van der Waals surface area contributed by atoms with Crippen molar-refractivity contribution in [3.63, 3.8) is 0 Å². The van der Waals surface area contributed by atoms with Gasteiger partial charge in [-0.05, 0) is 44.6 Å². The normalized spacial score (nSPS) is 21.9. The third-order valence-electron chi connectivity index (χ3n) is 6.06. The molecule has 0 spiro atoms. The van der Waals surface area contributed by atoms with E-state index in [-0.39, 0.29) is 0 Å². The van der Waals surface area contributed by atoms with E-state index in [1.54, 1.807) is 0 Å². The van der Waals surface area contributed by atoms with E-state index < -0.39 is 0 Å². The summed E-state index contributed by atoms with van der Waals surface area (Å²) in [4.78, 5) is 7.25.